The molecular formula is C58H61N3O. The number of para-hydroxylation sites is 1. The van der Waals surface area contributed by atoms with Crippen LogP contribution >= 0.6 is 0 Å². The van der Waals surface area contributed by atoms with Crippen LogP contribution in [0.5, 0.6) is 5.75 Å². The van der Waals surface area contributed by atoms with Crippen molar-refractivity contribution in [3.05, 3.63) is 167 Å². The molecular weight excluding hydrogens is 755 g/mol. The highest BCUT2D eigenvalue weighted by atomic mass is 16.3. The number of hydrogen-bond acceptors (Lipinski definition) is 3. The Bertz CT molecular complexity index is 3000. The Morgan fingerprint density at radius 1 is 0.548 bits per heavy atom. The average Bonchev–Trinajstić information content (AvgIpc) is 3.65. The maximum absolute atomic E-state index is 12.3. The predicted molar refractivity (Wildman–Crippen MR) is 263 cm³/mol. The Kier molecular flexibility index (Phi) is 10.9. The Labute approximate surface area is 372 Å². The minimum Gasteiger partial charge on any atom is -0.507 e. The third kappa shape index (κ3) is 8.36. The molecule has 0 fully saturated rings. The predicted octanol–water partition coefficient (Wildman–Crippen LogP) is 16.3. The fourth-order valence-corrected chi connectivity index (χ4v) is 8.35. The summed E-state index contributed by atoms with van der Waals surface area (Å²) >= 11 is 0. The second-order valence-corrected chi connectivity index (χ2v) is 19.0. The molecule has 0 aliphatic carbocycles. The van der Waals surface area contributed by atoms with Gasteiger partial charge < -0.3 is 5.11 Å². The summed E-state index contributed by atoms with van der Waals surface area (Å²) in [4.78, 5) is 10.5. The molecule has 0 unspecified atom stereocenters. The summed E-state index contributed by atoms with van der Waals surface area (Å²) in [5.41, 5.74) is 16.2. The second-order valence-electron chi connectivity index (χ2n) is 19.0. The number of pyridine rings is 1. The lowest BCUT2D eigenvalue weighted by molar-refractivity contribution is 0.466. The van der Waals surface area contributed by atoms with Gasteiger partial charge in [-0.3, -0.25) is 9.55 Å². The molecule has 0 spiro atoms. The summed E-state index contributed by atoms with van der Waals surface area (Å²) in [7, 11) is 0. The van der Waals surface area contributed by atoms with Crippen LogP contribution in [0.15, 0.2) is 140 Å². The van der Waals surface area contributed by atoms with Crippen molar-refractivity contribution in [3.63, 3.8) is 0 Å². The van der Waals surface area contributed by atoms with Crippen molar-refractivity contribution in [1.82, 2.24) is 14.5 Å². The first kappa shape index (κ1) is 39.9. The summed E-state index contributed by atoms with van der Waals surface area (Å²) in [6.07, 6.45) is 1.88. The molecule has 0 amide bonds. The molecule has 2 aromatic heterocycles. The molecule has 0 radical (unpaired) electrons. The zero-order valence-corrected chi connectivity index (χ0v) is 38.2. The highest BCUT2D eigenvalue weighted by molar-refractivity contribution is 5.97. The average molecular weight is 818 g/mol. The van der Waals surface area contributed by atoms with Crippen LogP contribution in [0.25, 0.3) is 72.7 Å². The number of imidazole rings is 1. The van der Waals surface area contributed by atoms with Crippen molar-refractivity contribution >= 4 is 11.0 Å². The Balaban J connectivity index is 1.40. The number of nitrogens with zero attached hydrogens (tertiary/aromatic N) is 3. The number of aromatic nitrogens is 3. The number of benzene rings is 6. The monoisotopic (exact) mass is 817 g/mol. The van der Waals surface area contributed by atoms with Crippen LogP contribution in [-0.2, 0) is 5.41 Å². The van der Waals surface area contributed by atoms with Gasteiger partial charge in [0.25, 0.3) is 0 Å². The lowest BCUT2D eigenvalue weighted by atomic mass is 9.83. The van der Waals surface area contributed by atoms with Crippen LogP contribution in [0.3, 0.4) is 0 Å². The molecule has 6 aromatic carbocycles. The summed E-state index contributed by atoms with van der Waals surface area (Å²) in [5, 5.41) is 12.3. The van der Waals surface area contributed by atoms with Gasteiger partial charge in [-0.2, -0.15) is 0 Å². The van der Waals surface area contributed by atoms with Gasteiger partial charge in [-0.15, -0.1) is 0 Å². The smallest absolute Gasteiger partial charge is 0.149 e. The molecule has 62 heavy (non-hydrogen) atoms. The van der Waals surface area contributed by atoms with Crippen molar-refractivity contribution in [2.45, 2.75) is 105 Å². The molecule has 0 aliphatic heterocycles. The molecule has 4 heteroatoms. The van der Waals surface area contributed by atoms with Gasteiger partial charge in [-0.25, -0.2) is 4.98 Å². The van der Waals surface area contributed by atoms with E-state index in [9.17, 15) is 6.48 Å². The molecule has 0 saturated heterocycles. The Hall–Kier alpha value is -6.26. The molecule has 0 atom stereocenters. The van der Waals surface area contributed by atoms with E-state index in [1.807, 2.05) is 70.3 Å². The highest BCUT2D eigenvalue weighted by Gasteiger charge is 2.25. The maximum atomic E-state index is 12.3. The first-order valence-corrected chi connectivity index (χ1v) is 22.0. The quantitative estimate of drug-likeness (QED) is 0.150. The van der Waals surface area contributed by atoms with E-state index in [-0.39, 0.29) is 23.0 Å². The largest absolute Gasteiger partial charge is 0.507 e. The van der Waals surface area contributed by atoms with E-state index >= 15 is 0 Å². The summed E-state index contributed by atoms with van der Waals surface area (Å²) in [5.74, 6) is -0.368. The standard InChI is InChI=1S/C58H61N3O/c1-35(2)39-20-22-41(23-21-39)42-24-25-59-53(34-42)47-27-46(28-48(29-47)58(9,10)11)50-18-15-19-54-55(50)60-57(52-33-44(37(5)6)32-51(38(7)8)56(52)62)61(54)49-30-43(36(3)4)26-45(31-49)40-16-13-12-14-17-40/h12-38,62H,1-11H3/i35D,36D. The summed E-state index contributed by atoms with van der Waals surface area (Å²) in [6, 6.07) is 46.6. The van der Waals surface area contributed by atoms with E-state index < -0.39 is 11.8 Å². The Morgan fingerprint density at radius 3 is 1.90 bits per heavy atom. The van der Waals surface area contributed by atoms with Crippen LogP contribution in [0.1, 0.15) is 130 Å². The van der Waals surface area contributed by atoms with Crippen molar-refractivity contribution in [1.29, 1.82) is 0 Å². The number of phenols is 1. The van der Waals surface area contributed by atoms with E-state index in [0.29, 0.717) is 11.4 Å². The first-order valence-electron chi connectivity index (χ1n) is 23.0. The van der Waals surface area contributed by atoms with Crippen LogP contribution < -0.4 is 0 Å². The number of rotatable bonds is 10. The second kappa shape index (κ2) is 16.9. The maximum Gasteiger partial charge on any atom is 0.149 e. The minimum absolute atomic E-state index is 0.0865. The molecule has 1 N–H and O–H groups in total. The van der Waals surface area contributed by atoms with Crippen molar-refractivity contribution in [2.24, 2.45) is 0 Å². The molecule has 0 saturated carbocycles. The van der Waals surface area contributed by atoms with Gasteiger partial charge in [0.1, 0.15) is 11.6 Å². The molecule has 0 aliphatic rings. The lowest BCUT2D eigenvalue weighted by Gasteiger charge is -2.22. The topological polar surface area (TPSA) is 50.9 Å². The van der Waals surface area contributed by atoms with Crippen LogP contribution in [0, 0.1) is 0 Å². The van der Waals surface area contributed by atoms with Crippen molar-refractivity contribution in [2.75, 3.05) is 0 Å². The van der Waals surface area contributed by atoms with Gasteiger partial charge in [0.15, 0.2) is 0 Å². The van der Waals surface area contributed by atoms with Crippen LogP contribution in [0.2, 0.25) is 0 Å². The molecule has 0 bridgehead atoms. The van der Waals surface area contributed by atoms with Crippen LogP contribution in [-0.4, -0.2) is 19.6 Å². The SMILES string of the molecule is [2H]C(C)(C)c1ccc(-c2ccnc(-c3cc(-c4cccc5c4nc(-c4cc(C(C)C)cc(C(C)C)c4O)n5-c4cc(-c5ccccc5)cc(C([2H])(C)C)c4)cc(C(C)(C)C)c3)c2)cc1. The zero-order valence-electron chi connectivity index (χ0n) is 40.2. The van der Waals surface area contributed by atoms with Gasteiger partial charge in [-0.05, 0) is 133 Å². The molecule has 8 rings (SSSR count). The van der Waals surface area contributed by atoms with E-state index in [4.69, 9.17) is 11.3 Å². The fraction of sp³-hybridized carbons (Fsp3) is 0.276. The van der Waals surface area contributed by atoms with E-state index in [1.54, 1.807) is 0 Å². The van der Waals surface area contributed by atoms with Gasteiger partial charge in [0.05, 0.1) is 22.3 Å². The molecule has 4 nitrogen and oxygen atoms in total. The van der Waals surface area contributed by atoms with Crippen molar-refractivity contribution in [3.8, 4) is 67.5 Å². The third-order valence-electron chi connectivity index (χ3n) is 12.2. The molecule has 8 aromatic rings. The minimum atomic E-state index is -0.886. The summed E-state index contributed by atoms with van der Waals surface area (Å²) < 4.78 is 19.9. The van der Waals surface area contributed by atoms with E-state index in [2.05, 4.69) is 150 Å². The molecule has 314 valence electrons. The number of fused-ring (bicyclic) bond motifs is 1. The Morgan fingerprint density at radius 2 is 1.24 bits per heavy atom. The number of hydrogen-bond donors (Lipinski definition) is 1. The number of phenolic OH excluding ortho intramolecular Hbond substituents is 1. The third-order valence-corrected chi connectivity index (χ3v) is 12.2. The zero-order chi connectivity index (χ0) is 45.9. The first-order chi connectivity index (χ1) is 30.2. The fourth-order valence-electron chi connectivity index (χ4n) is 8.35. The number of aromatic hydroxyl groups is 1. The van der Waals surface area contributed by atoms with Crippen molar-refractivity contribution < 1.29 is 7.85 Å². The summed E-state index contributed by atoms with van der Waals surface area (Å²) in [6.45, 7) is 23.0. The van der Waals surface area contributed by atoms with Gasteiger partial charge in [0, 0.05) is 25.8 Å². The van der Waals surface area contributed by atoms with Crippen LogP contribution in [0.4, 0.5) is 0 Å². The lowest BCUT2D eigenvalue weighted by Crippen LogP contribution is -2.11. The van der Waals surface area contributed by atoms with E-state index in [0.717, 1.165) is 83.6 Å². The highest BCUT2D eigenvalue weighted by Crippen LogP contribution is 2.44. The van der Waals surface area contributed by atoms with Gasteiger partial charge in [0.2, 0.25) is 0 Å². The molecule has 2 heterocycles. The van der Waals surface area contributed by atoms with Gasteiger partial charge in [-0.1, -0.05) is 161 Å². The van der Waals surface area contributed by atoms with E-state index in [1.165, 1.54) is 5.56 Å². The van der Waals surface area contributed by atoms with Gasteiger partial charge >= 0.3 is 0 Å². The normalized spacial score (nSPS) is 12.9.